The minimum atomic E-state index is -2.38. The number of hydrogen-bond donors (Lipinski definition) is 2. The lowest BCUT2D eigenvalue weighted by Crippen LogP contribution is -2.59. The molecule has 0 radical (unpaired) electrons. The first kappa shape index (κ1) is 43.3. The molecule has 1 saturated carbocycles. The van der Waals surface area contributed by atoms with Gasteiger partial charge >= 0.3 is 35.8 Å². The monoisotopic (exact) mass is 779 g/mol. The molecule has 4 rings (SSSR count). The minimum absolute atomic E-state index is 0.0402. The first-order valence-corrected chi connectivity index (χ1v) is 18.0. The molecule has 1 heterocycles. The molecule has 2 aliphatic rings. The van der Waals surface area contributed by atoms with E-state index < -0.39 is 107 Å². The van der Waals surface area contributed by atoms with E-state index >= 15 is 0 Å². The average Bonchev–Trinajstić information content (AvgIpc) is 3.33. The number of rotatable bonds is 8. The van der Waals surface area contributed by atoms with Crippen molar-refractivity contribution in [3.63, 3.8) is 0 Å². The van der Waals surface area contributed by atoms with Crippen LogP contribution in [0.2, 0.25) is 0 Å². The Morgan fingerprint density at radius 2 is 1.29 bits per heavy atom. The van der Waals surface area contributed by atoms with Gasteiger partial charge in [0.05, 0.1) is 17.0 Å². The number of benzene rings is 1. The molecule has 302 valence electrons. The van der Waals surface area contributed by atoms with E-state index in [-0.39, 0.29) is 16.7 Å². The Hall–Kier alpha value is -5.41. The molecule has 1 aromatic heterocycles. The van der Waals surface area contributed by atoms with Crippen molar-refractivity contribution in [3.05, 3.63) is 90.3 Å². The Morgan fingerprint density at radius 3 is 1.84 bits per heavy atom. The summed E-state index contributed by atoms with van der Waals surface area (Å²) >= 11 is 0. The van der Waals surface area contributed by atoms with E-state index in [1.54, 1.807) is 51.1 Å². The molecule has 0 bridgehead atoms. The van der Waals surface area contributed by atoms with Crippen LogP contribution in [0.15, 0.2) is 79.2 Å². The highest BCUT2D eigenvalue weighted by Crippen LogP contribution is 2.54. The number of esters is 6. The lowest BCUT2D eigenvalue weighted by Gasteiger charge is -2.45. The zero-order chi connectivity index (χ0) is 41.7. The second-order valence-corrected chi connectivity index (χ2v) is 15.1. The summed E-state index contributed by atoms with van der Waals surface area (Å²) < 4.78 is 35.3. The fraction of sp³-hybridized carbons (Fsp3) is 0.488. The Kier molecular flexibility index (Phi) is 13.3. The largest absolute Gasteiger partial charge is 0.459 e. The molecular formula is C41H49NO14. The molecule has 2 aliphatic carbocycles. The van der Waals surface area contributed by atoms with E-state index in [0.717, 1.165) is 27.7 Å². The number of hydrogen-bond acceptors (Lipinski definition) is 15. The summed E-state index contributed by atoms with van der Waals surface area (Å²) in [5.41, 5.74) is -5.82. The SMILES string of the molecule is C=C1[C@@H](OC(C)=O)[C@H](O)[C@H](OC(=O)c2cccnc2)C(C)(C)C=C[C@@H](C)[C@@H](OC(C)=O)[C@]2(O)C[C@](C)(OC(C)=O)[C@@H](OC(=O)c3ccccc3)[C@H]2[C@@H]1OC(C)=O. The molecular weight excluding hydrogens is 730 g/mol. The Bertz CT molecular complexity index is 1840. The van der Waals surface area contributed by atoms with Gasteiger partial charge in [-0.1, -0.05) is 57.7 Å². The highest BCUT2D eigenvalue weighted by atomic mass is 16.6. The molecule has 0 saturated heterocycles. The lowest BCUT2D eigenvalue weighted by atomic mass is 9.71. The fourth-order valence-corrected chi connectivity index (χ4v) is 7.70. The highest BCUT2D eigenvalue weighted by molar-refractivity contribution is 5.90. The summed E-state index contributed by atoms with van der Waals surface area (Å²) in [4.78, 5) is 82.7. The van der Waals surface area contributed by atoms with E-state index in [9.17, 15) is 39.0 Å². The van der Waals surface area contributed by atoms with Gasteiger partial charge in [0, 0.05) is 63.4 Å². The number of carbonyl (C=O) groups is 6. The standard InChI is InChI=1S/C41H49NO14/c1-22-17-18-39(7,8)36(55-38(49)29-16-13-19-42-20-29)31(47)33(52-25(4)44)23(2)32(51-24(3)43)30-35(54-37(48)28-14-11-10-12-15-28)40(9,56-27(6)46)21-41(30,50)34(22)53-26(5)45/h10-20,22,30-36,47,50H,2,21H2,1,3-9H3/t22-,30-,31+,32-,33-,34-,35+,36+,40+,41+/m1/s1. The van der Waals surface area contributed by atoms with Gasteiger partial charge in [-0.15, -0.1) is 0 Å². The van der Waals surface area contributed by atoms with Gasteiger partial charge in [-0.3, -0.25) is 24.2 Å². The van der Waals surface area contributed by atoms with Gasteiger partial charge in [0.2, 0.25) is 0 Å². The molecule has 0 unspecified atom stereocenters. The topological polar surface area (TPSA) is 211 Å². The van der Waals surface area contributed by atoms with Crippen LogP contribution >= 0.6 is 0 Å². The molecule has 0 aliphatic heterocycles. The van der Waals surface area contributed by atoms with Crippen LogP contribution in [0.5, 0.6) is 0 Å². The Labute approximate surface area is 325 Å². The maximum atomic E-state index is 13.8. The van der Waals surface area contributed by atoms with E-state index in [0.29, 0.717) is 0 Å². The average molecular weight is 780 g/mol. The van der Waals surface area contributed by atoms with E-state index in [2.05, 4.69) is 11.6 Å². The zero-order valence-electron chi connectivity index (χ0n) is 32.6. The van der Waals surface area contributed by atoms with Crippen LogP contribution in [0.4, 0.5) is 0 Å². The van der Waals surface area contributed by atoms with Crippen molar-refractivity contribution >= 4 is 35.8 Å². The Morgan fingerprint density at radius 1 is 0.732 bits per heavy atom. The quantitative estimate of drug-likeness (QED) is 0.221. The third-order valence-corrected chi connectivity index (χ3v) is 9.98. The van der Waals surface area contributed by atoms with Gasteiger partial charge in [-0.25, -0.2) is 9.59 Å². The molecule has 2 N–H and O–H groups in total. The van der Waals surface area contributed by atoms with Crippen LogP contribution in [0.25, 0.3) is 0 Å². The second kappa shape index (κ2) is 17.2. The molecule has 15 nitrogen and oxygen atoms in total. The van der Waals surface area contributed by atoms with Crippen LogP contribution in [0, 0.1) is 17.3 Å². The predicted octanol–water partition coefficient (Wildman–Crippen LogP) is 3.85. The first-order valence-electron chi connectivity index (χ1n) is 18.0. The molecule has 10 atom stereocenters. The lowest BCUT2D eigenvalue weighted by molar-refractivity contribution is -0.193. The fourth-order valence-electron chi connectivity index (χ4n) is 7.70. The van der Waals surface area contributed by atoms with Crippen LogP contribution in [-0.4, -0.2) is 98.8 Å². The third kappa shape index (κ3) is 9.51. The van der Waals surface area contributed by atoms with Crippen molar-refractivity contribution in [2.45, 2.75) is 110 Å². The molecule has 1 fully saturated rings. The van der Waals surface area contributed by atoms with Gasteiger partial charge < -0.3 is 38.6 Å². The number of carbonyl (C=O) groups excluding carboxylic acids is 6. The maximum Gasteiger partial charge on any atom is 0.340 e. The van der Waals surface area contributed by atoms with Crippen molar-refractivity contribution in [2.75, 3.05) is 0 Å². The minimum Gasteiger partial charge on any atom is -0.459 e. The second-order valence-electron chi connectivity index (χ2n) is 15.1. The number of ether oxygens (including phenoxy) is 6. The normalized spacial score (nSPS) is 31.3. The highest BCUT2D eigenvalue weighted by Gasteiger charge is 2.70. The number of aliphatic hydroxyl groups is 2. The molecule has 1 aromatic carbocycles. The number of pyridine rings is 1. The van der Waals surface area contributed by atoms with Crippen molar-refractivity contribution < 1.29 is 67.4 Å². The van der Waals surface area contributed by atoms with Crippen LogP contribution in [0.3, 0.4) is 0 Å². The van der Waals surface area contributed by atoms with E-state index in [4.69, 9.17) is 28.4 Å². The number of aliphatic hydroxyl groups excluding tert-OH is 1. The summed E-state index contributed by atoms with van der Waals surface area (Å²) in [7, 11) is 0. The van der Waals surface area contributed by atoms with Crippen LogP contribution in [0.1, 0.15) is 82.5 Å². The molecule has 15 heteroatoms. The third-order valence-electron chi connectivity index (χ3n) is 9.98. The van der Waals surface area contributed by atoms with Crippen molar-refractivity contribution in [1.29, 1.82) is 0 Å². The van der Waals surface area contributed by atoms with Crippen molar-refractivity contribution in [1.82, 2.24) is 4.98 Å². The van der Waals surface area contributed by atoms with Crippen LogP contribution < -0.4 is 0 Å². The van der Waals surface area contributed by atoms with Gasteiger partial charge in [-0.2, -0.15) is 0 Å². The van der Waals surface area contributed by atoms with Gasteiger partial charge in [0.25, 0.3) is 0 Å². The number of fused-ring (bicyclic) bond motifs is 1. The molecule has 2 aromatic rings. The van der Waals surface area contributed by atoms with E-state index in [1.807, 2.05) is 0 Å². The predicted molar refractivity (Wildman–Crippen MR) is 196 cm³/mol. The van der Waals surface area contributed by atoms with Gasteiger partial charge in [-0.05, 0) is 31.2 Å². The van der Waals surface area contributed by atoms with Crippen LogP contribution in [-0.2, 0) is 47.6 Å². The smallest absolute Gasteiger partial charge is 0.340 e. The molecule has 56 heavy (non-hydrogen) atoms. The summed E-state index contributed by atoms with van der Waals surface area (Å²) in [6.45, 7) is 14.7. The number of aromatic nitrogens is 1. The maximum absolute atomic E-state index is 13.8. The zero-order valence-corrected chi connectivity index (χ0v) is 32.6. The number of nitrogens with zero attached hydrogens (tertiary/aromatic N) is 1. The summed E-state index contributed by atoms with van der Waals surface area (Å²) in [6, 6.07) is 10.7. The first-order chi connectivity index (χ1) is 26.1. The van der Waals surface area contributed by atoms with Crippen molar-refractivity contribution in [2.24, 2.45) is 17.3 Å². The van der Waals surface area contributed by atoms with E-state index in [1.165, 1.54) is 43.6 Å². The Balaban J connectivity index is 2.06. The van der Waals surface area contributed by atoms with Gasteiger partial charge in [0.15, 0.2) is 12.2 Å². The summed E-state index contributed by atoms with van der Waals surface area (Å²) in [6.07, 6.45) is -5.06. The van der Waals surface area contributed by atoms with Gasteiger partial charge in [0.1, 0.15) is 35.6 Å². The molecule has 0 amide bonds. The summed E-state index contributed by atoms with van der Waals surface area (Å²) in [5.74, 6) is -7.97. The molecule has 0 spiro atoms. The summed E-state index contributed by atoms with van der Waals surface area (Å²) in [5, 5.41) is 25.4. The van der Waals surface area contributed by atoms with Crippen molar-refractivity contribution in [3.8, 4) is 0 Å².